The van der Waals surface area contributed by atoms with Crippen LogP contribution in [0.15, 0.2) is 34.1 Å². The van der Waals surface area contributed by atoms with E-state index in [-0.39, 0.29) is 12.0 Å². The van der Waals surface area contributed by atoms with Gasteiger partial charge in [0.15, 0.2) is 15.8 Å². The number of carbonyl (C=O) groups excluding carboxylic acids is 1. The normalized spacial score (nSPS) is 16.5. The molecule has 8 heteroatoms. The number of hydrogen-bond acceptors (Lipinski definition) is 7. The number of rotatable bonds is 5. The summed E-state index contributed by atoms with van der Waals surface area (Å²) < 4.78 is 12.1. The highest BCUT2D eigenvalue weighted by molar-refractivity contribution is 8.01. The highest BCUT2D eigenvalue weighted by Gasteiger charge is 2.20. The van der Waals surface area contributed by atoms with Crippen LogP contribution in [0.4, 0.5) is 0 Å². The molecule has 1 amide bonds. The summed E-state index contributed by atoms with van der Waals surface area (Å²) in [6, 6.07) is 7.51. The fourth-order valence-electron chi connectivity index (χ4n) is 1.80. The van der Waals surface area contributed by atoms with E-state index in [0.29, 0.717) is 24.7 Å². The minimum Gasteiger partial charge on any atom is -0.486 e. The van der Waals surface area contributed by atoms with Crippen LogP contribution in [-0.4, -0.2) is 41.1 Å². The molecule has 3 rings (SSSR count). The number of fused-ring (bicyclic) bond motifs is 1. The second-order valence-corrected chi connectivity index (χ2v) is 6.35. The third-order valence-electron chi connectivity index (χ3n) is 2.76. The predicted octanol–water partition coefficient (Wildman–Crippen LogP) is 1.59. The summed E-state index contributed by atoms with van der Waals surface area (Å²) in [5.74, 6) is 1.72. The Kier molecular flexibility index (Phi) is 4.56. The zero-order valence-electron chi connectivity index (χ0n) is 11.0. The molecule has 0 unspecified atom stereocenters. The van der Waals surface area contributed by atoms with Gasteiger partial charge in [-0.25, -0.2) is 0 Å². The van der Waals surface area contributed by atoms with Crippen molar-refractivity contribution in [1.29, 1.82) is 0 Å². The molecule has 6 nitrogen and oxygen atoms in total. The van der Waals surface area contributed by atoms with Crippen LogP contribution in [0.1, 0.15) is 0 Å². The van der Waals surface area contributed by atoms with Gasteiger partial charge in [-0.3, -0.25) is 4.79 Å². The van der Waals surface area contributed by atoms with Crippen LogP contribution in [-0.2, 0) is 4.79 Å². The number of nitrogens with zero attached hydrogens (tertiary/aromatic N) is 2. The van der Waals surface area contributed by atoms with E-state index in [1.54, 1.807) is 5.51 Å². The highest BCUT2D eigenvalue weighted by atomic mass is 32.2. The van der Waals surface area contributed by atoms with Crippen LogP contribution >= 0.6 is 23.1 Å². The van der Waals surface area contributed by atoms with Crippen LogP contribution in [0, 0.1) is 0 Å². The first-order valence-corrected chi connectivity index (χ1v) is 8.22. The summed E-state index contributed by atoms with van der Waals surface area (Å²) in [6.07, 6.45) is -0.171. The largest absolute Gasteiger partial charge is 0.486 e. The number of carbonyl (C=O) groups is 1. The van der Waals surface area contributed by atoms with Crippen LogP contribution in [0.3, 0.4) is 0 Å². The van der Waals surface area contributed by atoms with E-state index >= 15 is 0 Å². The number of thioether (sulfide) groups is 1. The predicted molar refractivity (Wildman–Crippen MR) is 80.0 cm³/mol. The number of hydrogen-bond donors (Lipinski definition) is 1. The number of nitrogens with one attached hydrogen (secondary N) is 1. The molecule has 0 saturated heterocycles. The maximum atomic E-state index is 11.8. The topological polar surface area (TPSA) is 73.3 Å². The molecule has 110 valence electrons. The Bertz CT molecular complexity index is 606. The van der Waals surface area contributed by atoms with E-state index in [1.807, 2.05) is 24.3 Å². The van der Waals surface area contributed by atoms with Crippen molar-refractivity contribution in [2.75, 3.05) is 18.9 Å². The van der Waals surface area contributed by atoms with Crippen LogP contribution in [0.25, 0.3) is 0 Å². The lowest BCUT2D eigenvalue weighted by atomic mass is 10.2. The maximum Gasteiger partial charge on any atom is 0.230 e. The third-order valence-corrected chi connectivity index (χ3v) is 4.62. The Morgan fingerprint density at radius 1 is 1.43 bits per heavy atom. The zero-order chi connectivity index (χ0) is 14.5. The summed E-state index contributed by atoms with van der Waals surface area (Å²) in [4.78, 5) is 11.8. The van der Waals surface area contributed by atoms with E-state index in [4.69, 9.17) is 9.47 Å². The van der Waals surface area contributed by atoms with Gasteiger partial charge in [0, 0.05) is 0 Å². The van der Waals surface area contributed by atoms with Crippen molar-refractivity contribution in [3.8, 4) is 11.5 Å². The summed E-state index contributed by atoms with van der Waals surface area (Å²) >= 11 is 2.79. The Balaban J connectivity index is 1.42. The molecule has 0 bridgehead atoms. The van der Waals surface area contributed by atoms with Gasteiger partial charge in [-0.2, -0.15) is 0 Å². The second-order valence-electron chi connectivity index (χ2n) is 4.29. The van der Waals surface area contributed by atoms with Gasteiger partial charge < -0.3 is 14.8 Å². The minimum absolute atomic E-state index is 0.0577. The molecule has 0 radical (unpaired) electrons. The standard InChI is InChI=1S/C13H13N3O3S2/c17-12(7-20-13-16-15-8-21-13)14-5-9-6-18-10-3-1-2-4-11(10)19-9/h1-4,8-9H,5-7H2,(H,14,17)/t9-/m0/s1. The zero-order valence-corrected chi connectivity index (χ0v) is 12.7. The summed E-state index contributed by atoms with van der Waals surface area (Å²) in [5, 5.41) is 10.4. The van der Waals surface area contributed by atoms with Crippen molar-refractivity contribution in [2.24, 2.45) is 0 Å². The Morgan fingerprint density at radius 2 is 2.29 bits per heavy atom. The summed E-state index contributed by atoms with van der Waals surface area (Å²) in [6.45, 7) is 0.852. The highest BCUT2D eigenvalue weighted by Crippen LogP contribution is 2.30. The van der Waals surface area contributed by atoms with Gasteiger partial charge in [0.05, 0.1) is 12.3 Å². The molecule has 2 aromatic rings. The number of aromatic nitrogens is 2. The number of benzene rings is 1. The van der Waals surface area contributed by atoms with Gasteiger partial charge in [0.1, 0.15) is 18.2 Å². The average molecular weight is 323 g/mol. The fraction of sp³-hybridized carbons (Fsp3) is 0.308. The SMILES string of the molecule is O=C(CSc1nncs1)NC[C@H]1COc2ccccc2O1. The van der Waals surface area contributed by atoms with E-state index < -0.39 is 0 Å². The maximum absolute atomic E-state index is 11.8. The quantitative estimate of drug-likeness (QED) is 0.842. The number of amides is 1. The van der Waals surface area contributed by atoms with E-state index in [2.05, 4.69) is 15.5 Å². The molecular weight excluding hydrogens is 310 g/mol. The first-order valence-electron chi connectivity index (χ1n) is 6.35. The van der Waals surface area contributed by atoms with E-state index in [1.165, 1.54) is 23.1 Å². The number of para-hydroxylation sites is 2. The second kappa shape index (κ2) is 6.77. The van der Waals surface area contributed by atoms with Crippen LogP contribution < -0.4 is 14.8 Å². The molecular formula is C13H13N3O3S2. The average Bonchev–Trinajstić information content (AvgIpc) is 3.04. The molecule has 0 aliphatic carbocycles. The molecule has 1 aromatic carbocycles. The molecule has 1 aliphatic rings. The lowest BCUT2D eigenvalue weighted by Crippen LogP contribution is -2.41. The Morgan fingerprint density at radius 3 is 3.10 bits per heavy atom. The molecule has 1 N–H and O–H groups in total. The van der Waals surface area contributed by atoms with Gasteiger partial charge in [0.25, 0.3) is 0 Å². The molecule has 21 heavy (non-hydrogen) atoms. The van der Waals surface area contributed by atoms with Crippen molar-refractivity contribution >= 4 is 29.0 Å². The fourth-order valence-corrected chi connectivity index (χ4v) is 3.11. The molecule has 0 fully saturated rings. The number of ether oxygens (including phenoxy) is 2. The van der Waals surface area contributed by atoms with Crippen molar-refractivity contribution in [2.45, 2.75) is 10.4 Å². The molecule has 2 heterocycles. The van der Waals surface area contributed by atoms with Gasteiger partial charge in [-0.1, -0.05) is 35.2 Å². The van der Waals surface area contributed by atoms with Crippen molar-refractivity contribution in [1.82, 2.24) is 15.5 Å². The molecule has 1 atom stereocenters. The smallest absolute Gasteiger partial charge is 0.230 e. The Hall–Kier alpha value is -1.80. The molecule has 1 aromatic heterocycles. The summed E-state index contributed by atoms with van der Waals surface area (Å²) in [5.41, 5.74) is 1.64. The molecule has 0 saturated carbocycles. The van der Waals surface area contributed by atoms with Crippen LogP contribution in [0.2, 0.25) is 0 Å². The van der Waals surface area contributed by atoms with Crippen molar-refractivity contribution in [3.63, 3.8) is 0 Å². The van der Waals surface area contributed by atoms with Gasteiger partial charge in [-0.15, -0.1) is 10.2 Å². The third kappa shape index (κ3) is 3.85. The first kappa shape index (κ1) is 14.2. The first-order chi connectivity index (χ1) is 10.3. The Labute approximate surface area is 129 Å². The van der Waals surface area contributed by atoms with E-state index in [9.17, 15) is 4.79 Å². The van der Waals surface area contributed by atoms with Gasteiger partial charge in [-0.05, 0) is 12.1 Å². The lowest BCUT2D eigenvalue weighted by Gasteiger charge is -2.26. The van der Waals surface area contributed by atoms with Crippen LogP contribution in [0.5, 0.6) is 11.5 Å². The van der Waals surface area contributed by atoms with Gasteiger partial charge >= 0.3 is 0 Å². The lowest BCUT2D eigenvalue weighted by molar-refractivity contribution is -0.119. The molecule has 1 aliphatic heterocycles. The monoisotopic (exact) mass is 323 g/mol. The van der Waals surface area contributed by atoms with Crippen molar-refractivity contribution < 1.29 is 14.3 Å². The van der Waals surface area contributed by atoms with E-state index in [0.717, 1.165) is 10.1 Å². The summed E-state index contributed by atoms with van der Waals surface area (Å²) in [7, 11) is 0. The molecule has 0 spiro atoms. The van der Waals surface area contributed by atoms with Crippen molar-refractivity contribution in [3.05, 3.63) is 29.8 Å². The van der Waals surface area contributed by atoms with Gasteiger partial charge in [0.2, 0.25) is 5.91 Å². The minimum atomic E-state index is -0.171.